The third-order valence-corrected chi connectivity index (χ3v) is 2.42. The van der Waals surface area contributed by atoms with Gasteiger partial charge in [0.25, 0.3) is 0 Å². The molecule has 1 unspecified atom stereocenters. The molecule has 1 atom stereocenters. The Bertz CT molecular complexity index is 431. The Morgan fingerprint density at radius 1 is 1.62 bits per heavy atom. The lowest BCUT2D eigenvalue weighted by molar-refractivity contribution is -0.144. The van der Waals surface area contributed by atoms with Crippen LogP contribution in [-0.2, 0) is 14.3 Å². The molecule has 16 heavy (non-hydrogen) atoms. The first kappa shape index (κ1) is 10.6. The first-order valence-corrected chi connectivity index (χ1v) is 5.13. The number of carbonyl (C=O) groups is 2. The fourth-order valence-corrected chi connectivity index (χ4v) is 1.72. The molecule has 0 aromatic carbocycles. The van der Waals surface area contributed by atoms with Crippen molar-refractivity contribution in [3.05, 3.63) is 24.0 Å². The topological polar surface area (TPSA) is 68.3 Å². The van der Waals surface area contributed by atoms with Crippen LogP contribution in [0, 0.1) is 0 Å². The number of hydrogen-bond acceptors (Lipinski definition) is 4. The Balaban J connectivity index is 2.16. The van der Waals surface area contributed by atoms with Crippen LogP contribution in [0.4, 0.5) is 5.69 Å². The van der Waals surface area contributed by atoms with E-state index >= 15 is 0 Å². The molecule has 1 aliphatic rings. The van der Waals surface area contributed by atoms with E-state index < -0.39 is 5.92 Å². The van der Waals surface area contributed by atoms with Crippen molar-refractivity contribution in [2.45, 2.75) is 19.3 Å². The predicted octanol–water partition coefficient (Wildman–Crippen LogP) is 1.07. The van der Waals surface area contributed by atoms with Gasteiger partial charge in [0.15, 0.2) is 0 Å². The number of fused-ring (bicyclic) bond motifs is 1. The summed E-state index contributed by atoms with van der Waals surface area (Å²) in [6, 6.07) is 3.51. The van der Waals surface area contributed by atoms with Gasteiger partial charge in [-0.3, -0.25) is 14.6 Å². The molecule has 2 heterocycles. The molecule has 0 fully saturated rings. The molecule has 1 N–H and O–H groups in total. The summed E-state index contributed by atoms with van der Waals surface area (Å²) in [5.74, 6) is -1.09. The first-order chi connectivity index (χ1) is 7.72. The monoisotopic (exact) mass is 220 g/mol. The predicted molar refractivity (Wildman–Crippen MR) is 56.9 cm³/mol. The minimum atomic E-state index is -0.518. The van der Waals surface area contributed by atoms with Crippen molar-refractivity contribution in [1.29, 1.82) is 0 Å². The number of carbonyl (C=O) groups excluding carboxylic acids is 2. The Kier molecular flexibility index (Phi) is 2.85. The summed E-state index contributed by atoms with van der Waals surface area (Å²) in [4.78, 5) is 27.0. The third kappa shape index (κ3) is 1.88. The standard InChI is InChI=1S/C11H12N2O3/c1-2-16-9(14)6-7-10-8(13-11(7)15)4-3-5-12-10/h3-5,7H,2,6H2,1H3,(H,13,15). The summed E-state index contributed by atoms with van der Waals surface area (Å²) in [6.45, 7) is 2.06. The van der Waals surface area contributed by atoms with Gasteiger partial charge in [0.1, 0.15) is 0 Å². The van der Waals surface area contributed by atoms with Crippen molar-refractivity contribution in [2.75, 3.05) is 11.9 Å². The second-order valence-electron chi connectivity index (χ2n) is 3.49. The van der Waals surface area contributed by atoms with Crippen molar-refractivity contribution in [3.8, 4) is 0 Å². The minimum Gasteiger partial charge on any atom is -0.466 e. The van der Waals surface area contributed by atoms with Crippen LogP contribution >= 0.6 is 0 Å². The minimum absolute atomic E-state index is 0.0453. The van der Waals surface area contributed by atoms with E-state index in [2.05, 4.69) is 10.3 Å². The fraction of sp³-hybridized carbons (Fsp3) is 0.364. The number of nitrogens with one attached hydrogen (secondary N) is 1. The van der Waals surface area contributed by atoms with Gasteiger partial charge < -0.3 is 10.1 Å². The van der Waals surface area contributed by atoms with Crippen LogP contribution in [0.2, 0.25) is 0 Å². The van der Waals surface area contributed by atoms with E-state index in [0.717, 1.165) is 0 Å². The van der Waals surface area contributed by atoms with Crippen LogP contribution in [0.15, 0.2) is 18.3 Å². The van der Waals surface area contributed by atoms with E-state index in [1.807, 2.05) is 0 Å². The SMILES string of the molecule is CCOC(=O)CC1C(=O)Nc2cccnc21. The van der Waals surface area contributed by atoms with Crippen molar-refractivity contribution in [2.24, 2.45) is 0 Å². The molecule has 0 saturated carbocycles. The van der Waals surface area contributed by atoms with Gasteiger partial charge in [0, 0.05) is 6.20 Å². The van der Waals surface area contributed by atoms with Gasteiger partial charge in [-0.25, -0.2) is 0 Å². The molecule has 1 aliphatic heterocycles. The normalized spacial score (nSPS) is 17.8. The lowest BCUT2D eigenvalue weighted by atomic mass is 10.0. The number of rotatable bonds is 3. The van der Waals surface area contributed by atoms with E-state index in [4.69, 9.17) is 4.74 Å². The number of anilines is 1. The number of nitrogens with zero attached hydrogens (tertiary/aromatic N) is 1. The number of esters is 1. The number of amides is 1. The summed E-state index contributed by atoms with van der Waals surface area (Å²) in [7, 11) is 0. The van der Waals surface area contributed by atoms with Crippen LogP contribution in [0.5, 0.6) is 0 Å². The van der Waals surface area contributed by atoms with Crippen molar-refractivity contribution in [1.82, 2.24) is 4.98 Å². The highest BCUT2D eigenvalue weighted by atomic mass is 16.5. The van der Waals surface area contributed by atoms with Gasteiger partial charge in [-0.05, 0) is 19.1 Å². The molecule has 1 amide bonds. The zero-order chi connectivity index (χ0) is 11.5. The number of pyridine rings is 1. The van der Waals surface area contributed by atoms with Crippen LogP contribution < -0.4 is 5.32 Å². The van der Waals surface area contributed by atoms with E-state index in [9.17, 15) is 9.59 Å². The maximum atomic E-state index is 11.6. The summed E-state index contributed by atoms with van der Waals surface area (Å²) >= 11 is 0. The average molecular weight is 220 g/mol. The summed E-state index contributed by atoms with van der Waals surface area (Å²) in [6.07, 6.45) is 1.65. The number of ether oxygens (including phenoxy) is 1. The van der Waals surface area contributed by atoms with E-state index in [1.54, 1.807) is 25.3 Å². The van der Waals surface area contributed by atoms with E-state index in [-0.39, 0.29) is 18.3 Å². The molecule has 5 heteroatoms. The molecule has 2 rings (SSSR count). The number of hydrogen-bond donors (Lipinski definition) is 1. The second-order valence-corrected chi connectivity index (χ2v) is 3.49. The largest absolute Gasteiger partial charge is 0.466 e. The molecule has 1 aromatic rings. The zero-order valence-corrected chi connectivity index (χ0v) is 8.90. The lowest BCUT2D eigenvalue weighted by Crippen LogP contribution is -2.17. The molecule has 0 radical (unpaired) electrons. The van der Waals surface area contributed by atoms with Crippen molar-refractivity contribution >= 4 is 17.6 Å². The molecule has 84 valence electrons. The molecular formula is C11H12N2O3. The van der Waals surface area contributed by atoms with Crippen LogP contribution in [0.3, 0.4) is 0 Å². The molecule has 0 spiro atoms. The molecule has 0 aliphatic carbocycles. The van der Waals surface area contributed by atoms with Crippen molar-refractivity contribution < 1.29 is 14.3 Å². The van der Waals surface area contributed by atoms with Gasteiger partial charge in [-0.15, -0.1) is 0 Å². The lowest BCUT2D eigenvalue weighted by Gasteiger charge is -2.06. The maximum Gasteiger partial charge on any atom is 0.306 e. The summed E-state index contributed by atoms with van der Waals surface area (Å²) in [5.41, 5.74) is 1.31. The van der Waals surface area contributed by atoms with E-state index in [0.29, 0.717) is 18.0 Å². The molecular weight excluding hydrogens is 208 g/mol. The molecule has 5 nitrogen and oxygen atoms in total. The van der Waals surface area contributed by atoms with Gasteiger partial charge in [0.05, 0.1) is 30.3 Å². The quantitative estimate of drug-likeness (QED) is 0.773. The van der Waals surface area contributed by atoms with Crippen LogP contribution in [0.1, 0.15) is 25.0 Å². The zero-order valence-electron chi connectivity index (χ0n) is 8.90. The molecule has 1 aromatic heterocycles. The van der Waals surface area contributed by atoms with E-state index in [1.165, 1.54) is 0 Å². The highest BCUT2D eigenvalue weighted by Crippen LogP contribution is 2.32. The fourth-order valence-electron chi connectivity index (χ4n) is 1.72. The maximum absolute atomic E-state index is 11.6. The Morgan fingerprint density at radius 3 is 3.19 bits per heavy atom. The first-order valence-electron chi connectivity index (χ1n) is 5.13. The summed E-state index contributed by atoms with van der Waals surface area (Å²) in [5, 5.41) is 2.69. The highest BCUT2D eigenvalue weighted by molar-refractivity contribution is 6.03. The second kappa shape index (κ2) is 4.30. The van der Waals surface area contributed by atoms with Gasteiger partial charge >= 0.3 is 5.97 Å². The molecule has 0 bridgehead atoms. The average Bonchev–Trinajstić information content (AvgIpc) is 2.56. The van der Waals surface area contributed by atoms with Gasteiger partial charge in [0.2, 0.25) is 5.91 Å². The highest BCUT2D eigenvalue weighted by Gasteiger charge is 2.33. The van der Waals surface area contributed by atoms with Gasteiger partial charge in [-0.1, -0.05) is 0 Å². The Hall–Kier alpha value is -1.91. The third-order valence-electron chi connectivity index (χ3n) is 2.42. The van der Waals surface area contributed by atoms with Crippen molar-refractivity contribution in [3.63, 3.8) is 0 Å². The number of aromatic nitrogens is 1. The summed E-state index contributed by atoms with van der Waals surface area (Å²) < 4.78 is 4.82. The Morgan fingerprint density at radius 2 is 2.44 bits per heavy atom. The smallest absolute Gasteiger partial charge is 0.306 e. The Labute approximate surface area is 92.8 Å². The molecule has 0 saturated heterocycles. The van der Waals surface area contributed by atoms with Crippen LogP contribution in [-0.4, -0.2) is 23.5 Å². The van der Waals surface area contributed by atoms with Gasteiger partial charge in [-0.2, -0.15) is 0 Å². The van der Waals surface area contributed by atoms with Crippen LogP contribution in [0.25, 0.3) is 0 Å².